The van der Waals surface area contributed by atoms with Crippen LogP contribution < -0.4 is 22.2 Å². The van der Waals surface area contributed by atoms with Gasteiger partial charge in [-0.3, -0.25) is 14.7 Å². The van der Waals surface area contributed by atoms with E-state index in [1.165, 1.54) is 16.8 Å². The van der Waals surface area contributed by atoms with Gasteiger partial charge < -0.3 is 11.1 Å². The highest BCUT2D eigenvalue weighted by Crippen LogP contribution is 2.19. The zero-order valence-corrected chi connectivity index (χ0v) is 13.0. The van der Waals surface area contributed by atoms with Gasteiger partial charge in [-0.2, -0.15) is 0 Å². The third-order valence-electron chi connectivity index (χ3n) is 3.53. The molecular formula is C16H18N6O2. The van der Waals surface area contributed by atoms with E-state index in [1.54, 1.807) is 0 Å². The first-order valence-corrected chi connectivity index (χ1v) is 7.67. The average Bonchev–Trinajstić information content (AvgIpc) is 2.58. The second-order valence-corrected chi connectivity index (χ2v) is 5.27. The predicted molar refractivity (Wildman–Crippen MR) is 92.1 cm³/mol. The van der Waals surface area contributed by atoms with Crippen molar-refractivity contribution >= 4 is 16.7 Å². The summed E-state index contributed by atoms with van der Waals surface area (Å²) in [4.78, 5) is 32.0. The Morgan fingerprint density at radius 3 is 2.79 bits per heavy atom. The van der Waals surface area contributed by atoms with Gasteiger partial charge >= 0.3 is 0 Å². The highest BCUT2D eigenvalue weighted by molar-refractivity contribution is 5.88. The van der Waals surface area contributed by atoms with Crippen LogP contribution in [0.4, 0.5) is 5.82 Å². The Hall–Kier alpha value is -3.00. The van der Waals surface area contributed by atoms with E-state index >= 15 is 0 Å². The number of aromatic amines is 1. The number of H-pyrrole nitrogens is 1. The van der Waals surface area contributed by atoms with Crippen molar-refractivity contribution in [3.05, 3.63) is 62.9 Å². The summed E-state index contributed by atoms with van der Waals surface area (Å²) in [5.74, 6) is 1.36. The van der Waals surface area contributed by atoms with Gasteiger partial charge in [0.25, 0.3) is 11.1 Å². The molecule has 0 spiro atoms. The number of hydrogen-bond donors (Lipinski definition) is 3. The molecule has 3 rings (SSSR count). The second kappa shape index (κ2) is 7.05. The Bertz CT molecular complexity index is 962. The molecule has 0 saturated carbocycles. The summed E-state index contributed by atoms with van der Waals surface area (Å²) >= 11 is 0. The van der Waals surface area contributed by atoms with Crippen LogP contribution in [0.1, 0.15) is 5.82 Å². The summed E-state index contributed by atoms with van der Waals surface area (Å²) in [7, 11) is 0. The Morgan fingerprint density at radius 2 is 1.96 bits per heavy atom. The Balaban J connectivity index is 1.82. The lowest BCUT2D eigenvalue weighted by molar-refractivity contribution is 0.588. The molecule has 3 aromatic rings. The minimum atomic E-state index is -0.313. The van der Waals surface area contributed by atoms with E-state index in [-0.39, 0.29) is 11.1 Å². The fourth-order valence-corrected chi connectivity index (χ4v) is 2.41. The third-order valence-corrected chi connectivity index (χ3v) is 3.53. The summed E-state index contributed by atoms with van der Waals surface area (Å²) in [6.45, 7) is 1.22. The predicted octanol–water partition coefficient (Wildman–Crippen LogP) is 0.0931. The van der Waals surface area contributed by atoms with E-state index in [1.807, 2.05) is 24.3 Å². The van der Waals surface area contributed by atoms with Crippen molar-refractivity contribution in [1.82, 2.24) is 19.7 Å². The molecule has 0 amide bonds. The number of para-hydroxylation sites is 1. The molecule has 0 atom stereocenters. The quantitative estimate of drug-likeness (QED) is 0.591. The van der Waals surface area contributed by atoms with Crippen LogP contribution in [-0.4, -0.2) is 32.8 Å². The molecule has 2 aromatic heterocycles. The second-order valence-electron chi connectivity index (χ2n) is 5.27. The van der Waals surface area contributed by atoms with Gasteiger partial charge in [0.05, 0.1) is 12.1 Å². The van der Waals surface area contributed by atoms with Gasteiger partial charge in [0, 0.05) is 30.5 Å². The molecule has 0 unspecified atom stereocenters. The van der Waals surface area contributed by atoms with Crippen LogP contribution >= 0.6 is 0 Å². The highest BCUT2D eigenvalue weighted by Gasteiger charge is 2.07. The van der Waals surface area contributed by atoms with Gasteiger partial charge in [0.15, 0.2) is 0 Å². The summed E-state index contributed by atoms with van der Waals surface area (Å²) in [5.41, 5.74) is 5.86. The number of fused-ring (bicyclic) bond motifs is 1. The van der Waals surface area contributed by atoms with Gasteiger partial charge in [-0.15, -0.1) is 0 Å². The Kier molecular flexibility index (Phi) is 4.66. The first-order valence-electron chi connectivity index (χ1n) is 7.67. The highest BCUT2D eigenvalue weighted by atomic mass is 16.1. The number of nitrogens with zero attached hydrogens (tertiary/aromatic N) is 3. The van der Waals surface area contributed by atoms with Crippen LogP contribution in [0.15, 0.2) is 46.0 Å². The minimum absolute atomic E-state index is 0.257. The molecule has 8 heteroatoms. The number of benzene rings is 1. The standard InChI is InChI=1S/C16H18N6O2/c17-8-7-13-19-12-4-2-1-3-11(12)16(20-13)18-9-10-22-15(24)6-5-14(23)21-22/h1-6H,7-10,17H2,(H,21,23)(H,18,19,20). The molecule has 8 nitrogen and oxygen atoms in total. The molecule has 0 aliphatic carbocycles. The van der Waals surface area contributed by atoms with Crippen LogP contribution in [-0.2, 0) is 13.0 Å². The van der Waals surface area contributed by atoms with E-state index in [2.05, 4.69) is 20.4 Å². The normalized spacial score (nSPS) is 10.9. The molecule has 24 heavy (non-hydrogen) atoms. The number of hydrogen-bond acceptors (Lipinski definition) is 6. The van der Waals surface area contributed by atoms with Gasteiger partial charge in [0.1, 0.15) is 11.6 Å². The maximum absolute atomic E-state index is 11.7. The molecule has 0 aliphatic heterocycles. The molecule has 4 N–H and O–H groups in total. The molecule has 0 fully saturated rings. The smallest absolute Gasteiger partial charge is 0.265 e. The van der Waals surface area contributed by atoms with Crippen LogP contribution in [0.3, 0.4) is 0 Å². The maximum Gasteiger partial charge on any atom is 0.265 e. The van der Waals surface area contributed by atoms with Crippen molar-refractivity contribution < 1.29 is 0 Å². The first-order chi connectivity index (χ1) is 11.7. The molecular weight excluding hydrogens is 308 g/mol. The van der Waals surface area contributed by atoms with Crippen molar-refractivity contribution in [2.45, 2.75) is 13.0 Å². The van der Waals surface area contributed by atoms with Crippen molar-refractivity contribution in [3.63, 3.8) is 0 Å². The lowest BCUT2D eigenvalue weighted by Crippen LogP contribution is -2.30. The van der Waals surface area contributed by atoms with Crippen LogP contribution in [0, 0.1) is 0 Å². The van der Waals surface area contributed by atoms with E-state index in [4.69, 9.17) is 5.73 Å². The summed E-state index contributed by atoms with van der Waals surface area (Å²) in [6, 6.07) is 10.1. The molecule has 1 aromatic carbocycles. The zero-order chi connectivity index (χ0) is 16.9. The fourth-order valence-electron chi connectivity index (χ4n) is 2.41. The largest absolute Gasteiger partial charge is 0.368 e. The van der Waals surface area contributed by atoms with E-state index in [9.17, 15) is 9.59 Å². The Labute approximate surface area is 137 Å². The summed E-state index contributed by atoms with van der Waals surface area (Å²) in [6.07, 6.45) is 0.588. The molecule has 124 valence electrons. The lowest BCUT2D eigenvalue weighted by Gasteiger charge is -2.11. The lowest BCUT2D eigenvalue weighted by atomic mass is 10.2. The first kappa shape index (κ1) is 15.9. The molecule has 0 aliphatic rings. The van der Waals surface area contributed by atoms with Crippen molar-refractivity contribution in [2.75, 3.05) is 18.4 Å². The number of nitrogens with two attached hydrogens (primary N) is 1. The zero-order valence-electron chi connectivity index (χ0n) is 13.0. The van der Waals surface area contributed by atoms with Gasteiger partial charge in [-0.05, 0) is 18.7 Å². The molecule has 0 bridgehead atoms. The topological polar surface area (TPSA) is 119 Å². The SMILES string of the molecule is NCCc1nc(NCCn2[nH]c(=O)ccc2=O)c2ccccc2n1. The van der Waals surface area contributed by atoms with Crippen LogP contribution in [0.25, 0.3) is 10.9 Å². The van der Waals surface area contributed by atoms with E-state index in [0.717, 1.165) is 10.9 Å². The minimum Gasteiger partial charge on any atom is -0.368 e. The molecule has 0 saturated heterocycles. The fraction of sp³-hybridized carbons (Fsp3) is 0.250. The van der Waals surface area contributed by atoms with Crippen molar-refractivity contribution in [2.24, 2.45) is 5.73 Å². The number of rotatable bonds is 6. The average molecular weight is 326 g/mol. The van der Waals surface area contributed by atoms with Crippen molar-refractivity contribution in [3.8, 4) is 0 Å². The number of aromatic nitrogens is 4. The van der Waals surface area contributed by atoms with Gasteiger partial charge in [0.2, 0.25) is 0 Å². The number of anilines is 1. The number of nitrogens with one attached hydrogen (secondary N) is 2. The monoisotopic (exact) mass is 326 g/mol. The van der Waals surface area contributed by atoms with Crippen LogP contribution in [0.2, 0.25) is 0 Å². The van der Waals surface area contributed by atoms with Gasteiger partial charge in [-0.1, -0.05) is 12.1 Å². The summed E-state index contributed by atoms with van der Waals surface area (Å²) in [5, 5.41) is 6.59. The van der Waals surface area contributed by atoms with Crippen molar-refractivity contribution in [1.29, 1.82) is 0 Å². The van der Waals surface area contributed by atoms with E-state index in [0.29, 0.717) is 37.7 Å². The Morgan fingerprint density at radius 1 is 1.12 bits per heavy atom. The summed E-state index contributed by atoms with van der Waals surface area (Å²) < 4.78 is 1.26. The van der Waals surface area contributed by atoms with E-state index < -0.39 is 0 Å². The van der Waals surface area contributed by atoms with Gasteiger partial charge in [-0.25, -0.2) is 14.6 Å². The van der Waals surface area contributed by atoms with Crippen LogP contribution in [0.5, 0.6) is 0 Å². The molecule has 2 heterocycles. The third kappa shape index (κ3) is 3.49. The maximum atomic E-state index is 11.7. The molecule has 0 radical (unpaired) electrons.